The lowest BCUT2D eigenvalue weighted by Gasteiger charge is -2.08. The minimum Gasteiger partial charge on any atom is -0.343 e. The molecule has 0 N–H and O–H groups in total. The van der Waals surface area contributed by atoms with Crippen LogP contribution in [0, 0.1) is 6.92 Å². The van der Waals surface area contributed by atoms with Gasteiger partial charge in [-0.25, -0.2) is 0 Å². The molecule has 3 heteroatoms. The predicted octanol–water partition coefficient (Wildman–Crippen LogP) is 1.09. The molecule has 1 heterocycles. The van der Waals surface area contributed by atoms with Crippen molar-refractivity contribution in [2.45, 2.75) is 6.92 Å². The minimum atomic E-state index is -0.0602. The van der Waals surface area contributed by atoms with E-state index in [0.717, 1.165) is 5.56 Å². The largest absolute Gasteiger partial charge is 0.343 e. The Morgan fingerprint density at radius 1 is 1.42 bits per heavy atom. The lowest BCUT2D eigenvalue weighted by molar-refractivity contribution is 0.0822. The van der Waals surface area contributed by atoms with Crippen molar-refractivity contribution in [1.29, 1.82) is 0 Å². The van der Waals surface area contributed by atoms with Crippen LogP contribution in [0.5, 0.6) is 0 Å². The summed E-state index contributed by atoms with van der Waals surface area (Å²) in [5.41, 5.74) is 1.55. The van der Waals surface area contributed by atoms with Crippen LogP contribution in [-0.2, 0) is 0 Å². The Labute approximate surface area is 72.0 Å². The Bertz CT molecular complexity index is 277. The molecule has 0 spiro atoms. The van der Waals surface area contributed by atoms with Crippen LogP contribution in [0.2, 0.25) is 0 Å². The molecule has 1 aromatic rings. The van der Waals surface area contributed by atoms with Crippen LogP contribution in [0.4, 0.5) is 0 Å². The second-order valence-electron chi connectivity index (χ2n) is 2.92. The van der Waals surface area contributed by atoms with Gasteiger partial charge in [0.25, 0.3) is 5.91 Å². The van der Waals surface area contributed by atoms with E-state index < -0.39 is 0 Å². The lowest BCUT2D eigenvalue weighted by atomic mass is 10.2. The molecule has 64 valence electrons. The van der Waals surface area contributed by atoms with Gasteiger partial charge in [0.1, 0.15) is 5.69 Å². The maximum atomic E-state index is 11.3. The Morgan fingerprint density at radius 2 is 2.08 bits per heavy atom. The second-order valence-corrected chi connectivity index (χ2v) is 2.92. The summed E-state index contributed by atoms with van der Waals surface area (Å²) in [5.74, 6) is -0.0602. The fraction of sp³-hybridized carbons (Fsp3) is 0.333. The summed E-state index contributed by atoms with van der Waals surface area (Å²) in [4.78, 5) is 16.8. The first kappa shape index (κ1) is 8.71. The number of amides is 1. The average molecular weight is 164 g/mol. The number of aromatic nitrogens is 1. The average Bonchev–Trinajstić information content (AvgIpc) is 2.04. The van der Waals surface area contributed by atoms with Gasteiger partial charge >= 0.3 is 0 Å². The van der Waals surface area contributed by atoms with Gasteiger partial charge in [0, 0.05) is 20.3 Å². The Morgan fingerprint density at radius 3 is 2.50 bits per heavy atom. The fourth-order valence-electron chi connectivity index (χ4n) is 0.823. The molecule has 0 bridgehead atoms. The van der Waals surface area contributed by atoms with Gasteiger partial charge in [-0.3, -0.25) is 9.78 Å². The number of aryl methyl sites for hydroxylation is 1. The molecule has 0 unspecified atom stereocenters. The maximum Gasteiger partial charge on any atom is 0.271 e. The van der Waals surface area contributed by atoms with Gasteiger partial charge in [-0.2, -0.15) is 0 Å². The Balaban J connectivity index is 2.90. The van der Waals surface area contributed by atoms with Gasteiger partial charge in [0.2, 0.25) is 0 Å². The zero-order chi connectivity index (χ0) is 9.14. The van der Waals surface area contributed by atoms with Crippen molar-refractivity contribution in [3.05, 3.63) is 29.6 Å². The topological polar surface area (TPSA) is 33.2 Å². The summed E-state index contributed by atoms with van der Waals surface area (Å²) in [7, 11) is 3.42. The number of rotatable bonds is 1. The van der Waals surface area contributed by atoms with Crippen LogP contribution < -0.4 is 0 Å². The summed E-state index contributed by atoms with van der Waals surface area (Å²) in [5, 5.41) is 0. The van der Waals surface area contributed by atoms with Gasteiger partial charge in [0.05, 0.1) is 0 Å². The highest BCUT2D eigenvalue weighted by atomic mass is 16.2. The predicted molar refractivity (Wildman–Crippen MR) is 47.0 cm³/mol. The van der Waals surface area contributed by atoms with Gasteiger partial charge in [0.15, 0.2) is 0 Å². The molecule has 12 heavy (non-hydrogen) atoms. The first-order valence-electron chi connectivity index (χ1n) is 3.75. The zero-order valence-corrected chi connectivity index (χ0v) is 7.53. The summed E-state index contributed by atoms with van der Waals surface area (Å²) in [6.45, 7) is 1.94. The summed E-state index contributed by atoms with van der Waals surface area (Å²) >= 11 is 0. The molecule has 0 radical (unpaired) electrons. The van der Waals surface area contributed by atoms with Gasteiger partial charge < -0.3 is 4.90 Å². The molecule has 1 amide bonds. The van der Waals surface area contributed by atoms with E-state index >= 15 is 0 Å². The van der Waals surface area contributed by atoms with Gasteiger partial charge in [-0.05, 0) is 18.6 Å². The van der Waals surface area contributed by atoms with Crippen LogP contribution >= 0.6 is 0 Å². The highest BCUT2D eigenvalue weighted by molar-refractivity contribution is 5.91. The smallest absolute Gasteiger partial charge is 0.271 e. The van der Waals surface area contributed by atoms with E-state index in [1.54, 1.807) is 26.4 Å². The summed E-state index contributed by atoms with van der Waals surface area (Å²) in [6.07, 6.45) is 1.69. The Kier molecular flexibility index (Phi) is 2.43. The fourth-order valence-corrected chi connectivity index (χ4v) is 0.823. The van der Waals surface area contributed by atoms with Crippen molar-refractivity contribution >= 4 is 5.91 Å². The van der Waals surface area contributed by atoms with Crippen molar-refractivity contribution in [3.63, 3.8) is 0 Å². The molecule has 0 aliphatic carbocycles. The third-order valence-electron chi connectivity index (χ3n) is 1.54. The van der Waals surface area contributed by atoms with E-state index in [1.807, 2.05) is 13.0 Å². The van der Waals surface area contributed by atoms with Crippen LogP contribution in [0.15, 0.2) is 18.3 Å². The molecule has 1 aromatic heterocycles. The molecule has 3 nitrogen and oxygen atoms in total. The van der Waals surface area contributed by atoms with E-state index in [2.05, 4.69) is 4.98 Å². The maximum absolute atomic E-state index is 11.3. The third-order valence-corrected chi connectivity index (χ3v) is 1.54. The number of hydrogen-bond donors (Lipinski definition) is 0. The normalized spacial score (nSPS) is 9.58. The van der Waals surface area contributed by atoms with Crippen molar-refractivity contribution in [3.8, 4) is 0 Å². The molecule has 0 saturated carbocycles. The molecule has 1 rings (SSSR count). The number of carbonyl (C=O) groups is 1. The summed E-state index contributed by atoms with van der Waals surface area (Å²) < 4.78 is 0. The zero-order valence-electron chi connectivity index (χ0n) is 7.53. The number of carbonyl (C=O) groups excluding carboxylic acids is 1. The molecule has 0 aliphatic rings. The van der Waals surface area contributed by atoms with E-state index in [1.165, 1.54) is 4.90 Å². The first-order chi connectivity index (χ1) is 5.61. The van der Waals surface area contributed by atoms with Crippen LogP contribution in [0.3, 0.4) is 0 Å². The van der Waals surface area contributed by atoms with Gasteiger partial charge in [-0.1, -0.05) is 6.07 Å². The van der Waals surface area contributed by atoms with Gasteiger partial charge in [-0.15, -0.1) is 0 Å². The van der Waals surface area contributed by atoms with E-state index in [9.17, 15) is 4.79 Å². The number of pyridine rings is 1. The summed E-state index contributed by atoms with van der Waals surface area (Å²) in [6, 6.07) is 3.61. The monoisotopic (exact) mass is 164 g/mol. The van der Waals surface area contributed by atoms with Crippen molar-refractivity contribution < 1.29 is 4.79 Å². The van der Waals surface area contributed by atoms with Crippen LogP contribution in [0.25, 0.3) is 0 Å². The minimum absolute atomic E-state index is 0.0602. The van der Waals surface area contributed by atoms with E-state index in [0.29, 0.717) is 5.69 Å². The van der Waals surface area contributed by atoms with Crippen molar-refractivity contribution in [1.82, 2.24) is 9.88 Å². The van der Waals surface area contributed by atoms with Crippen LogP contribution in [0.1, 0.15) is 16.1 Å². The lowest BCUT2D eigenvalue weighted by Crippen LogP contribution is -2.22. The number of nitrogens with zero attached hydrogens (tertiary/aromatic N) is 2. The Hall–Kier alpha value is -1.38. The van der Waals surface area contributed by atoms with E-state index in [-0.39, 0.29) is 5.91 Å². The quantitative estimate of drug-likeness (QED) is 0.622. The highest BCUT2D eigenvalue weighted by Gasteiger charge is 2.07. The molecule has 0 atom stereocenters. The molecular weight excluding hydrogens is 152 g/mol. The third kappa shape index (κ3) is 1.81. The van der Waals surface area contributed by atoms with Crippen molar-refractivity contribution in [2.24, 2.45) is 0 Å². The second kappa shape index (κ2) is 3.34. The van der Waals surface area contributed by atoms with Crippen LogP contribution in [-0.4, -0.2) is 29.9 Å². The highest BCUT2D eigenvalue weighted by Crippen LogP contribution is 2.00. The molecule has 0 aromatic carbocycles. The van der Waals surface area contributed by atoms with E-state index in [4.69, 9.17) is 0 Å². The van der Waals surface area contributed by atoms with Crippen molar-refractivity contribution in [2.75, 3.05) is 14.1 Å². The SMILES string of the molecule is Cc1ccc(C(=O)N(C)C)nc1. The molecule has 0 fully saturated rings. The number of hydrogen-bond acceptors (Lipinski definition) is 2. The molecule has 0 saturated heterocycles. The molecule has 0 aliphatic heterocycles. The first-order valence-corrected chi connectivity index (χ1v) is 3.75. The molecular formula is C9H12N2O. The standard InChI is InChI=1S/C9H12N2O/c1-7-4-5-8(10-6-7)9(12)11(2)3/h4-6H,1-3H3.